The van der Waals surface area contributed by atoms with Crippen molar-refractivity contribution in [1.82, 2.24) is 0 Å². The van der Waals surface area contributed by atoms with Crippen LogP contribution in [0.1, 0.15) is 12.0 Å². The van der Waals surface area contributed by atoms with Crippen LogP contribution in [0.2, 0.25) is 0 Å². The molecule has 0 amide bonds. The molecule has 0 aromatic heterocycles. The first-order chi connectivity index (χ1) is 10.3. The molecule has 1 unspecified atom stereocenters. The van der Waals surface area contributed by atoms with E-state index in [-0.39, 0.29) is 19.0 Å². The van der Waals surface area contributed by atoms with Gasteiger partial charge in [0.25, 0.3) is 0 Å². The Bertz CT molecular complexity index is 577. The number of benzene rings is 1. The number of carboxylic acids is 2. The van der Waals surface area contributed by atoms with Crippen molar-refractivity contribution in [3.8, 4) is 0 Å². The molecule has 0 aliphatic heterocycles. The number of hydrogen-bond acceptors (Lipinski definition) is 5. The summed E-state index contributed by atoms with van der Waals surface area (Å²) in [5.41, 5.74) is 4.20. The molecule has 1 rings (SSSR count). The van der Waals surface area contributed by atoms with E-state index in [0.717, 1.165) is 6.08 Å². The number of aliphatic carboxylic acids is 2. The molecular formula is C15H18ClNO6. The third kappa shape index (κ3) is 5.72. The summed E-state index contributed by atoms with van der Waals surface area (Å²) in [5.74, 6) is -5.71. The number of esters is 1. The van der Waals surface area contributed by atoms with Gasteiger partial charge in [-0.15, -0.1) is 19.0 Å². The molecule has 4 N–H and O–H groups in total. The molecule has 0 radical (unpaired) electrons. The first-order valence-corrected chi connectivity index (χ1v) is 6.39. The Kier molecular flexibility index (Phi) is 7.99. The molecule has 0 aliphatic rings. The highest BCUT2D eigenvalue weighted by Gasteiger charge is 2.40. The predicted molar refractivity (Wildman–Crippen MR) is 84.0 cm³/mol. The summed E-state index contributed by atoms with van der Waals surface area (Å²) < 4.78 is 4.92. The number of ether oxygens (including phenoxy) is 1. The van der Waals surface area contributed by atoms with E-state index in [1.807, 2.05) is 0 Å². The molecule has 0 saturated carbocycles. The minimum atomic E-state index is -2.02. The highest BCUT2D eigenvalue weighted by molar-refractivity contribution is 5.95. The Labute approximate surface area is 139 Å². The van der Waals surface area contributed by atoms with Crippen molar-refractivity contribution >= 4 is 30.3 Å². The van der Waals surface area contributed by atoms with Crippen LogP contribution in [0.3, 0.4) is 0 Å². The van der Waals surface area contributed by atoms with Gasteiger partial charge in [0, 0.05) is 6.42 Å². The summed E-state index contributed by atoms with van der Waals surface area (Å²) in [6.45, 7) is 3.16. The molecule has 0 aliphatic carbocycles. The molecule has 0 bridgehead atoms. The number of halogens is 1. The lowest BCUT2D eigenvalue weighted by atomic mass is 9.88. The zero-order chi connectivity index (χ0) is 16.8. The molecule has 0 spiro atoms. The molecule has 23 heavy (non-hydrogen) atoms. The van der Waals surface area contributed by atoms with Crippen molar-refractivity contribution in [2.45, 2.75) is 18.6 Å². The second kappa shape index (κ2) is 8.92. The van der Waals surface area contributed by atoms with E-state index in [1.54, 1.807) is 30.3 Å². The van der Waals surface area contributed by atoms with Crippen molar-refractivity contribution in [2.24, 2.45) is 11.7 Å². The smallest absolute Gasteiger partial charge is 0.327 e. The van der Waals surface area contributed by atoms with Gasteiger partial charge in [-0.25, -0.2) is 4.79 Å². The average molecular weight is 344 g/mol. The van der Waals surface area contributed by atoms with Crippen molar-refractivity contribution in [3.63, 3.8) is 0 Å². The molecule has 0 fully saturated rings. The minimum Gasteiger partial charge on any atom is -0.481 e. The Morgan fingerprint density at radius 3 is 2.26 bits per heavy atom. The molecule has 8 heteroatoms. The van der Waals surface area contributed by atoms with E-state index >= 15 is 0 Å². The van der Waals surface area contributed by atoms with Gasteiger partial charge in [-0.1, -0.05) is 36.4 Å². The first kappa shape index (κ1) is 20.6. The zero-order valence-corrected chi connectivity index (χ0v) is 13.0. The predicted octanol–water partition coefficient (Wildman–Crippen LogP) is 1.21. The maximum atomic E-state index is 11.9. The summed E-state index contributed by atoms with van der Waals surface area (Å²) in [6.07, 6.45) is 0.255. The lowest BCUT2D eigenvalue weighted by Gasteiger charge is -2.23. The second-order valence-corrected chi connectivity index (χ2v) is 4.74. The van der Waals surface area contributed by atoms with Crippen LogP contribution < -0.4 is 5.73 Å². The van der Waals surface area contributed by atoms with Crippen molar-refractivity contribution in [1.29, 1.82) is 0 Å². The fourth-order valence-corrected chi connectivity index (χ4v) is 1.70. The van der Waals surface area contributed by atoms with Gasteiger partial charge in [0.1, 0.15) is 12.1 Å². The largest absolute Gasteiger partial charge is 0.481 e. The Morgan fingerprint density at radius 2 is 1.83 bits per heavy atom. The van der Waals surface area contributed by atoms with Gasteiger partial charge < -0.3 is 20.7 Å². The van der Waals surface area contributed by atoms with Gasteiger partial charge in [-0.3, -0.25) is 9.59 Å². The van der Waals surface area contributed by atoms with E-state index in [4.69, 9.17) is 20.7 Å². The summed E-state index contributed by atoms with van der Waals surface area (Å²) in [4.78, 5) is 34.1. The van der Waals surface area contributed by atoms with E-state index < -0.39 is 35.8 Å². The quantitative estimate of drug-likeness (QED) is 0.368. The molecule has 0 saturated heterocycles. The maximum Gasteiger partial charge on any atom is 0.327 e. The summed E-state index contributed by atoms with van der Waals surface area (Å²) in [5, 5.41) is 18.1. The highest BCUT2D eigenvalue weighted by atomic mass is 35.5. The Hall–Kier alpha value is -2.38. The Morgan fingerprint density at radius 1 is 1.26 bits per heavy atom. The van der Waals surface area contributed by atoms with Crippen LogP contribution in [0.4, 0.5) is 0 Å². The SMILES string of the molecule is C=C[C@](N)(CC(C(=O)O)C(=O)OCc1ccccc1)C(=O)O.Cl. The van der Waals surface area contributed by atoms with Crippen LogP contribution in [0.5, 0.6) is 0 Å². The lowest BCUT2D eigenvalue weighted by Crippen LogP contribution is -2.49. The number of hydrogen-bond donors (Lipinski definition) is 3. The average Bonchev–Trinajstić information content (AvgIpc) is 2.50. The third-order valence-corrected chi connectivity index (χ3v) is 3.11. The first-order valence-electron chi connectivity index (χ1n) is 6.39. The summed E-state index contributed by atoms with van der Waals surface area (Å²) in [6, 6.07) is 8.68. The number of carboxylic acid groups (broad SMARTS) is 2. The van der Waals surface area contributed by atoms with E-state index in [9.17, 15) is 14.4 Å². The highest BCUT2D eigenvalue weighted by Crippen LogP contribution is 2.19. The fraction of sp³-hybridized carbons (Fsp3) is 0.267. The molecule has 7 nitrogen and oxygen atoms in total. The van der Waals surface area contributed by atoms with Crippen molar-refractivity contribution in [3.05, 3.63) is 48.6 Å². The van der Waals surface area contributed by atoms with Crippen LogP contribution in [0.15, 0.2) is 43.0 Å². The van der Waals surface area contributed by atoms with Gasteiger partial charge in [0.15, 0.2) is 5.92 Å². The molecule has 1 aromatic carbocycles. The maximum absolute atomic E-state index is 11.9. The van der Waals surface area contributed by atoms with Gasteiger partial charge >= 0.3 is 17.9 Å². The van der Waals surface area contributed by atoms with Crippen molar-refractivity contribution in [2.75, 3.05) is 0 Å². The van der Waals surface area contributed by atoms with E-state index in [0.29, 0.717) is 5.56 Å². The van der Waals surface area contributed by atoms with Crippen LogP contribution in [-0.4, -0.2) is 33.7 Å². The van der Waals surface area contributed by atoms with Gasteiger partial charge in [-0.2, -0.15) is 0 Å². The molecular weight excluding hydrogens is 326 g/mol. The minimum absolute atomic E-state index is 0. The van der Waals surface area contributed by atoms with Crippen LogP contribution in [-0.2, 0) is 25.7 Å². The normalized spacial score (nSPS) is 13.8. The third-order valence-electron chi connectivity index (χ3n) is 3.11. The molecule has 1 aromatic rings. The van der Waals surface area contributed by atoms with E-state index in [2.05, 4.69) is 6.58 Å². The second-order valence-electron chi connectivity index (χ2n) is 4.74. The topological polar surface area (TPSA) is 127 Å². The van der Waals surface area contributed by atoms with Crippen LogP contribution in [0, 0.1) is 5.92 Å². The van der Waals surface area contributed by atoms with Gasteiger partial charge in [0.2, 0.25) is 0 Å². The van der Waals surface area contributed by atoms with Crippen molar-refractivity contribution < 1.29 is 29.3 Å². The monoisotopic (exact) mass is 343 g/mol. The number of nitrogens with two attached hydrogens (primary N) is 1. The zero-order valence-electron chi connectivity index (χ0n) is 12.2. The summed E-state index contributed by atoms with van der Waals surface area (Å²) in [7, 11) is 0. The number of carbonyl (C=O) groups excluding carboxylic acids is 1. The molecule has 0 heterocycles. The number of carbonyl (C=O) groups is 3. The standard InChI is InChI=1S/C15H17NO6.ClH/c1-2-15(16,14(20)21)8-11(12(17)18)13(19)22-9-10-6-4-3-5-7-10;/h2-7,11H,1,8-9,16H2,(H,17,18)(H,20,21);1H/t11?,15-;/m0./s1. The fourth-order valence-electron chi connectivity index (χ4n) is 1.70. The Balaban J connectivity index is 0.00000484. The molecule has 126 valence electrons. The lowest BCUT2D eigenvalue weighted by molar-refractivity contribution is -0.161. The molecule has 2 atom stereocenters. The van der Waals surface area contributed by atoms with Crippen LogP contribution in [0.25, 0.3) is 0 Å². The van der Waals surface area contributed by atoms with Gasteiger partial charge in [-0.05, 0) is 5.56 Å². The number of rotatable bonds is 8. The van der Waals surface area contributed by atoms with E-state index in [1.165, 1.54) is 0 Å². The van der Waals surface area contributed by atoms with Crippen LogP contribution >= 0.6 is 12.4 Å². The van der Waals surface area contributed by atoms with Gasteiger partial charge in [0.05, 0.1) is 0 Å². The summed E-state index contributed by atoms with van der Waals surface area (Å²) >= 11 is 0.